The molecule has 0 fully saturated rings. The monoisotopic (exact) mass is 287 g/mol. The maximum Gasteiger partial charge on any atom is 0.219 e. The number of halogens is 3. The van der Waals surface area contributed by atoms with Crippen LogP contribution in [0.25, 0.3) is 11.3 Å². The molecule has 0 saturated heterocycles. The smallest absolute Gasteiger partial charge is 0.219 e. The molecule has 0 aliphatic rings. The summed E-state index contributed by atoms with van der Waals surface area (Å²) in [7, 11) is 0. The zero-order valence-electron chi connectivity index (χ0n) is 8.85. The highest BCUT2D eigenvalue weighted by atomic mass is 35.5. The SMILES string of the molecule is Cc1[nH]c(-c2ccc(Cl)cc2)c(Cl)c(=O)c1Cl. The van der Waals surface area contributed by atoms with Crippen LogP contribution in [0, 0.1) is 6.92 Å². The minimum absolute atomic E-state index is 0.0860. The van der Waals surface area contributed by atoms with Crippen LogP contribution in [-0.4, -0.2) is 4.98 Å². The second kappa shape index (κ2) is 4.73. The van der Waals surface area contributed by atoms with E-state index >= 15 is 0 Å². The summed E-state index contributed by atoms with van der Waals surface area (Å²) in [6.45, 7) is 1.72. The van der Waals surface area contributed by atoms with Crippen molar-refractivity contribution in [1.29, 1.82) is 0 Å². The van der Waals surface area contributed by atoms with Gasteiger partial charge in [0.15, 0.2) is 0 Å². The lowest BCUT2D eigenvalue weighted by atomic mass is 10.1. The Morgan fingerprint density at radius 2 is 1.59 bits per heavy atom. The van der Waals surface area contributed by atoms with Gasteiger partial charge >= 0.3 is 0 Å². The van der Waals surface area contributed by atoms with Crippen molar-refractivity contribution in [1.82, 2.24) is 4.98 Å². The fourth-order valence-corrected chi connectivity index (χ4v) is 2.06. The first kappa shape index (κ1) is 12.5. The third kappa shape index (κ3) is 2.34. The van der Waals surface area contributed by atoms with E-state index in [0.717, 1.165) is 5.56 Å². The van der Waals surface area contributed by atoms with Gasteiger partial charge in [-0.1, -0.05) is 46.9 Å². The largest absolute Gasteiger partial charge is 0.356 e. The predicted molar refractivity (Wildman–Crippen MR) is 72.3 cm³/mol. The summed E-state index contributed by atoms with van der Waals surface area (Å²) in [5, 5.41) is 0.827. The number of hydrogen-bond donors (Lipinski definition) is 1. The maximum atomic E-state index is 11.7. The van der Waals surface area contributed by atoms with Gasteiger partial charge in [0.25, 0.3) is 0 Å². The molecule has 0 saturated carbocycles. The maximum absolute atomic E-state index is 11.7. The molecule has 0 aliphatic carbocycles. The van der Waals surface area contributed by atoms with E-state index in [1.807, 2.05) is 0 Å². The number of H-pyrrole nitrogens is 1. The number of rotatable bonds is 1. The molecular weight excluding hydrogens is 280 g/mol. The summed E-state index contributed by atoms with van der Waals surface area (Å²) in [5.41, 5.74) is 1.56. The molecule has 0 radical (unpaired) electrons. The summed E-state index contributed by atoms with van der Waals surface area (Å²) in [4.78, 5) is 14.8. The highest BCUT2D eigenvalue weighted by Gasteiger charge is 2.12. The van der Waals surface area contributed by atoms with Gasteiger partial charge in [-0.2, -0.15) is 0 Å². The minimum Gasteiger partial charge on any atom is -0.356 e. The average Bonchev–Trinajstić information content (AvgIpc) is 2.32. The number of pyridine rings is 1. The quantitative estimate of drug-likeness (QED) is 0.833. The Bertz CT molecular complexity index is 617. The fraction of sp³-hybridized carbons (Fsp3) is 0.0833. The zero-order chi connectivity index (χ0) is 12.6. The van der Waals surface area contributed by atoms with Crippen LogP contribution in [0.5, 0.6) is 0 Å². The molecule has 2 rings (SSSR count). The van der Waals surface area contributed by atoms with Crippen LogP contribution in [0.4, 0.5) is 0 Å². The van der Waals surface area contributed by atoms with Crippen molar-refractivity contribution in [2.45, 2.75) is 6.92 Å². The van der Waals surface area contributed by atoms with E-state index in [1.54, 1.807) is 31.2 Å². The molecule has 0 amide bonds. The lowest BCUT2D eigenvalue weighted by molar-refractivity contribution is 1.19. The molecule has 5 heteroatoms. The van der Waals surface area contributed by atoms with Gasteiger partial charge in [0.1, 0.15) is 10.0 Å². The number of aromatic amines is 1. The van der Waals surface area contributed by atoms with Crippen molar-refractivity contribution in [2.24, 2.45) is 0 Å². The zero-order valence-corrected chi connectivity index (χ0v) is 11.1. The third-order valence-electron chi connectivity index (χ3n) is 2.39. The topological polar surface area (TPSA) is 32.9 Å². The van der Waals surface area contributed by atoms with Crippen LogP contribution in [0.3, 0.4) is 0 Å². The Balaban J connectivity index is 2.68. The van der Waals surface area contributed by atoms with Gasteiger partial charge in [0, 0.05) is 10.7 Å². The van der Waals surface area contributed by atoms with Gasteiger partial charge < -0.3 is 4.98 Å². The Hall–Kier alpha value is -0.960. The van der Waals surface area contributed by atoms with Gasteiger partial charge in [0.05, 0.1) is 5.69 Å². The fourth-order valence-electron chi connectivity index (χ4n) is 1.49. The van der Waals surface area contributed by atoms with E-state index < -0.39 is 0 Å². The molecule has 0 spiro atoms. The highest BCUT2D eigenvalue weighted by molar-refractivity contribution is 6.36. The third-order valence-corrected chi connectivity index (χ3v) is 3.46. The van der Waals surface area contributed by atoms with Crippen molar-refractivity contribution in [3.05, 3.63) is 55.3 Å². The number of hydrogen-bond acceptors (Lipinski definition) is 1. The van der Waals surface area contributed by atoms with E-state index in [4.69, 9.17) is 34.8 Å². The lowest BCUT2D eigenvalue weighted by Gasteiger charge is -2.07. The molecule has 0 aliphatic heterocycles. The van der Waals surface area contributed by atoms with Gasteiger partial charge in [0.2, 0.25) is 5.43 Å². The second-order valence-corrected chi connectivity index (χ2v) is 4.78. The average molecular weight is 289 g/mol. The van der Waals surface area contributed by atoms with Crippen LogP contribution >= 0.6 is 34.8 Å². The lowest BCUT2D eigenvalue weighted by Crippen LogP contribution is -2.08. The van der Waals surface area contributed by atoms with E-state index in [9.17, 15) is 4.79 Å². The van der Waals surface area contributed by atoms with Crippen LogP contribution < -0.4 is 5.43 Å². The first-order valence-corrected chi connectivity index (χ1v) is 5.98. The van der Waals surface area contributed by atoms with Crippen molar-refractivity contribution in [3.8, 4) is 11.3 Å². The Labute approximate surface area is 113 Å². The van der Waals surface area contributed by atoms with Crippen LogP contribution in [0.2, 0.25) is 15.1 Å². The normalized spacial score (nSPS) is 10.6. The summed E-state index contributed by atoms with van der Waals surface area (Å²) in [5.74, 6) is 0. The summed E-state index contributed by atoms with van der Waals surface area (Å²) in [6.07, 6.45) is 0. The van der Waals surface area contributed by atoms with E-state index in [-0.39, 0.29) is 15.5 Å². The van der Waals surface area contributed by atoms with E-state index in [2.05, 4.69) is 4.98 Å². The predicted octanol–water partition coefficient (Wildman–Crippen LogP) is 4.31. The second-order valence-electron chi connectivity index (χ2n) is 3.59. The molecular formula is C12H8Cl3NO. The van der Waals surface area contributed by atoms with Gasteiger partial charge in [-0.25, -0.2) is 0 Å². The number of benzene rings is 1. The van der Waals surface area contributed by atoms with Crippen molar-refractivity contribution in [3.63, 3.8) is 0 Å². The summed E-state index contributed by atoms with van der Waals surface area (Å²) < 4.78 is 0. The first-order chi connectivity index (χ1) is 8.00. The minimum atomic E-state index is -0.366. The van der Waals surface area contributed by atoms with Gasteiger partial charge in [-0.05, 0) is 24.6 Å². The first-order valence-electron chi connectivity index (χ1n) is 4.84. The molecule has 0 bridgehead atoms. The molecule has 17 heavy (non-hydrogen) atoms. The van der Waals surface area contributed by atoms with Crippen molar-refractivity contribution in [2.75, 3.05) is 0 Å². The van der Waals surface area contributed by atoms with Crippen LogP contribution in [-0.2, 0) is 0 Å². The number of aromatic nitrogens is 1. The molecule has 1 aromatic heterocycles. The molecule has 2 nitrogen and oxygen atoms in total. The molecule has 88 valence electrons. The van der Waals surface area contributed by atoms with E-state index in [1.165, 1.54) is 0 Å². The molecule has 1 aromatic carbocycles. The van der Waals surface area contributed by atoms with Crippen molar-refractivity contribution < 1.29 is 0 Å². The molecule has 1 heterocycles. The van der Waals surface area contributed by atoms with Crippen LogP contribution in [0.15, 0.2) is 29.1 Å². The molecule has 2 aromatic rings. The van der Waals surface area contributed by atoms with Crippen molar-refractivity contribution >= 4 is 34.8 Å². The van der Waals surface area contributed by atoms with Crippen LogP contribution in [0.1, 0.15) is 5.69 Å². The summed E-state index contributed by atoms with van der Waals surface area (Å²) >= 11 is 17.6. The summed E-state index contributed by atoms with van der Waals surface area (Å²) in [6, 6.07) is 7.03. The highest BCUT2D eigenvalue weighted by Crippen LogP contribution is 2.26. The van der Waals surface area contributed by atoms with Gasteiger partial charge in [-0.15, -0.1) is 0 Å². The van der Waals surface area contributed by atoms with E-state index in [0.29, 0.717) is 16.4 Å². The number of aryl methyl sites for hydroxylation is 1. The van der Waals surface area contributed by atoms with Gasteiger partial charge in [-0.3, -0.25) is 4.79 Å². The Kier molecular flexibility index (Phi) is 3.48. The Morgan fingerprint density at radius 1 is 1.00 bits per heavy atom. The molecule has 1 N–H and O–H groups in total. The number of nitrogens with one attached hydrogen (secondary N) is 1. The molecule has 0 unspecified atom stereocenters. The standard InChI is InChI=1S/C12H8Cl3NO/c1-6-9(14)12(17)10(15)11(16-6)7-2-4-8(13)5-3-7/h2-5H,1H3,(H,16,17). The molecule has 0 atom stereocenters. The Morgan fingerprint density at radius 3 is 2.18 bits per heavy atom.